The van der Waals surface area contributed by atoms with Gasteiger partial charge in [0.15, 0.2) is 0 Å². The van der Waals surface area contributed by atoms with Crippen LogP contribution in [-0.4, -0.2) is 78.1 Å². The zero-order valence-corrected chi connectivity index (χ0v) is 23.1. The predicted octanol–water partition coefficient (Wildman–Crippen LogP) is 1.86. The number of nitrogen functional groups attached to an aromatic ring is 1. The molecule has 3 heterocycles. The summed E-state index contributed by atoms with van der Waals surface area (Å²) in [5.41, 5.74) is 6.54. The van der Waals surface area contributed by atoms with E-state index in [1.165, 1.54) is 13.2 Å². The van der Waals surface area contributed by atoms with Gasteiger partial charge in [0.25, 0.3) is 11.5 Å². The van der Waals surface area contributed by atoms with Gasteiger partial charge in [-0.1, -0.05) is 17.7 Å². The van der Waals surface area contributed by atoms with Crippen LogP contribution in [0.5, 0.6) is 0 Å². The normalized spacial score (nSPS) is 17.0. The first-order valence-corrected chi connectivity index (χ1v) is 13.3. The summed E-state index contributed by atoms with van der Waals surface area (Å²) >= 11 is 5.95. The minimum absolute atomic E-state index is 0.0134. The maximum atomic E-state index is 12.7. The lowest BCUT2D eigenvalue weighted by Gasteiger charge is -2.37. The van der Waals surface area contributed by atoms with Crippen molar-refractivity contribution in [2.24, 2.45) is 0 Å². The van der Waals surface area contributed by atoms with Crippen molar-refractivity contribution in [3.63, 3.8) is 0 Å². The van der Waals surface area contributed by atoms with Crippen molar-refractivity contribution in [3.8, 4) is 0 Å². The van der Waals surface area contributed by atoms with Crippen molar-refractivity contribution in [2.45, 2.75) is 25.0 Å². The number of aromatic nitrogens is 2. The Kier molecular flexibility index (Phi) is 10.1. The number of nitrogens with zero attached hydrogens (tertiary/aromatic N) is 2. The van der Waals surface area contributed by atoms with Crippen LogP contribution >= 0.6 is 11.6 Å². The maximum Gasteiger partial charge on any atom is 0.338 e. The average molecular weight is 583 g/mol. The molecule has 0 spiro atoms. The molecule has 0 saturated carbocycles. The molecule has 5 N–H and O–H groups in total. The van der Waals surface area contributed by atoms with E-state index in [0.717, 1.165) is 5.69 Å². The van der Waals surface area contributed by atoms with Gasteiger partial charge in [0.2, 0.25) is 5.91 Å². The number of aromatic amines is 1. The van der Waals surface area contributed by atoms with E-state index in [2.05, 4.69) is 20.6 Å². The lowest BCUT2D eigenvalue weighted by Crippen LogP contribution is -2.56. The molecule has 1 saturated heterocycles. The van der Waals surface area contributed by atoms with E-state index in [4.69, 9.17) is 26.8 Å². The molecule has 3 aromatic rings. The van der Waals surface area contributed by atoms with E-state index in [0.29, 0.717) is 37.2 Å². The number of ether oxygens (including phenoxy) is 2. The number of anilines is 2. The Morgan fingerprint density at radius 1 is 1.20 bits per heavy atom. The summed E-state index contributed by atoms with van der Waals surface area (Å²) in [6, 6.07) is 12.9. The molecule has 12 nitrogen and oxygen atoms in total. The van der Waals surface area contributed by atoms with E-state index in [-0.39, 0.29) is 41.5 Å². The Hall–Kier alpha value is -4.26. The Labute approximate surface area is 241 Å². The Morgan fingerprint density at radius 2 is 1.98 bits per heavy atom. The molecule has 13 heteroatoms. The minimum Gasteiger partial charge on any atom is -0.462 e. The van der Waals surface area contributed by atoms with Gasteiger partial charge in [0.05, 0.1) is 35.9 Å². The molecule has 216 valence electrons. The summed E-state index contributed by atoms with van der Waals surface area (Å²) in [6.07, 6.45) is 2.29. The highest BCUT2D eigenvalue weighted by atomic mass is 35.5. The number of carbonyl (C=O) groups is 3. The second-order valence-corrected chi connectivity index (χ2v) is 9.89. The molecular formula is C28H31ClN6O6. The van der Waals surface area contributed by atoms with E-state index >= 15 is 0 Å². The molecule has 0 aliphatic carbocycles. The summed E-state index contributed by atoms with van der Waals surface area (Å²) in [7, 11) is 1.52. The summed E-state index contributed by atoms with van der Waals surface area (Å²) in [5, 5.41) is 5.72. The standard InChI is InChI=1S/C28H31ClN6O6/c1-40-23-15-35(12-9-22(23)33-26(37)20-14-21(29)25(30)34-27(20)38)16-24(36)32-19-7-5-17(6-8-19)28(39)41-13-10-18-4-2-3-11-31-18/h2-8,11,14,22-23H,9-10,12-13,15-16H2,1H3,(H,32,36)(H,33,37)(H3,30,34,38)/t22-,23+/m0/s1. The van der Waals surface area contributed by atoms with Crippen LogP contribution in [0.4, 0.5) is 11.5 Å². The molecular weight excluding hydrogens is 552 g/mol. The van der Waals surface area contributed by atoms with Crippen LogP contribution in [0.1, 0.15) is 32.8 Å². The average Bonchev–Trinajstić information content (AvgIpc) is 2.96. The van der Waals surface area contributed by atoms with Crippen molar-refractivity contribution in [1.82, 2.24) is 20.2 Å². The molecule has 4 rings (SSSR count). The first-order valence-electron chi connectivity index (χ1n) is 12.9. The summed E-state index contributed by atoms with van der Waals surface area (Å²) in [4.78, 5) is 58.3. The zero-order chi connectivity index (χ0) is 29.4. The predicted molar refractivity (Wildman–Crippen MR) is 153 cm³/mol. The third-order valence-electron chi connectivity index (χ3n) is 6.62. The van der Waals surface area contributed by atoms with Gasteiger partial charge in [-0.25, -0.2) is 4.79 Å². The van der Waals surface area contributed by atoms with Crippen molar-refractivity contribution < 1.29 is 23.9 Å². The molecule has 0 bridgehead atoms. The Morgan fingerprint density at radius 3 is 2.68 bits per heavy atom. The number of amides is 2. The maximum absolute atomic E-state index is 12.7. The highest BCUT2D eigenvalue weighted by molar-refractivity contribution is 6.33. The highest BCUT2D eigenvalue weighted by Crippen LogP contribution is 2.17. The largest absolute Gasteiger partial charge is 0.462 e. The number of hydrogen-bond donors (Lipinski definition) is 4. The second-order valence-electron chi connectivity index (χ2n) is 9.48. The fraction of sp³-hybridized carbons (Fsp3) is 0.321. The van der Waals surface area contributed by atoms with Gasteiger partial charge >= 0.3 is 5.97 Å². The quantitative estimate of drug-likeness (QED) is 0.261. The van der Waals surface area contributed by atoms with E-state index in [1.54, 1.807) is 30.5 Å². The summed E-state index contributed by atoms with van der Waals surface area (Å²) in [5.74, 6) is -1.30. The number of pyridine rings is 2. The number of esters is 1. The van der Waals surface area contributed by atoms with Crippen molar-refractivity contribution in [3.05, 3.63) is 86.9 Å². The van der Waals surface area contributed by atoms with Gasteiger partial charge in [0, 0.05) is 44.2 Å². The second kappa shape index (κ2) is 13.9. The van der Waals surface area contributed by atoms with Crippen molar-refractivity contribution in [2.75, 3.05) is 44.4 Å². The number of halogens is 1. The van der Waals surface area contributed by atoms with Crippen LogP contribution in [0.3, 0.4) is 0 Å². The number of nitrogens with two attached hydrogens (primary N) is 1. The molecule has 41 heavy (non-hydrogen) atoms. The number of carbonyl (C=O) groups excluding carboxylic acids is 3. The van der Waals surface area contributed by atoms with Gasteiger partial charge < -0.3 is 30.8 Å². The summed E-state index contributed by atoms with van der Waals surface area (Å²) < 4.78 is 10.9. The van der Waals surface area contributed by atoms with Gasteiger partial charge in [-0.3, -0.25) is 24.3 Å². The van der Waals surface area contributed by atoms with Gasteiger partial charge in [-0.2, -0.15) is 0 Å². The summed E-state index contributed by atoms with van der Waals surface area (Å²) in [6.45, 7) is 1.22. The molecule has 0 unspecified atom stereocenters. The lowest BCUT2D eigenvalue weighted by molar-refractivity contribution is -0.118. The van der Waals surface area contributed by atoms with E-state index in [1.807, 2.05) is 23.1 Å². The number of methoxy groups -OCH3 is 1. The first kappa shape index (κ1) is 29.7. The smallest absolute Gasteiger partial charge is 0.338 e. The first-order chi connectivity index (χ1) is 19.7. The number of H-pyrrole nitrogens is 1. The van der Waals surface area contributed by atoms with Crippen LogP contribution in [0.25, 0.3) is 0 Å². The SMILES string of the molecule is CO[C@@H]1CN(CC(=O)Nc2ccc(C(=O)OCCc3ccccn3)cc2)CC[C@@H]1NC(=O)c1cc(Cl)c(N)[nH]c1=O. The zero-order valence-electron chi connectivity index (χ0n) is 22.4. The number of hydrogen-bond acceptors (Lipinski definition) is 9. The van der Waals surface area contributed by atoms with Crippen LogP contribution in [0, 0.1) is 0 Å². The number of nitrogens with one attached hydrogen (secondary N) is 3. The van der Waals surface area contributed by atoms with Gasteiger partial charge in [-0.15, -0.1) is 0 Å². The molecule has 2 aromatic heterocycles. The lowest BCUT2D eigenvalue weighted by atomic mass is 10.0. The highest BCUT2D eigenvalue weighted by Gasteiger charge is 2.32. The van der Waals surface area contributed by atoms with Crippen molar-refractivity contribution >= 4 is 40.9 Å². The van der Waals surface area contributed by atoms with Crippen molar-refractivity contribution in [1.29, 1.82) is 0 Å². The number of likely N-dealkylation sites (tertiary alicyclic amines) is 1. The van der Waals surface area contributed by atoms with Gasteiger partial charge in [-0.05, 0) is 48.9 Å². The van der Waals surface area contributed by atoms with E-state index < -0.39 is 23.5 Å². The monoisotopic (exact) mass is 582 g/mol. The molecule has 1 aliphatic heterocycles. The third-order valence-corrected chi connectivity index (χ3v) is 6.93. The molecule has 1 fully saturated rings. The van der Waals surface area contributed by atoms with Crippen LogP contribution in [0.15, 0.2) is 59.5 Å². The third kappa shape index (κ3) is 8.13. The fourth-order valence-corrected chi connectivity index (χ4v) is 4.59. The molecule has 1 aromatic carbocycles. The molecule has 2 atom stereocenters. The van der Waals surface area contributed by atoms with Crippen LogP contribution in [0.2, 0.25) is 5.02 Å². The van der Waals surface area contributed by atoms with Crippen LogP contribution < -0.4 is 21.9 Å². The Balaban J connectivity index is 1.23. The number of rotatable bonds is 10. The van der Waals surface area contributed by atoms with E-state index in [9.17, 15) is 19.2 Å². The molecule has 1 aliphatic rings. The van der Waals surface area contributed by atoms with Crippen LogP contribution in [-0.2, 0) is 20.7 Å². The fourth-order valence-electron chi connectivity index (χ4n) is 4.43. The number of piperidine rings is 1. The Bertz CT molecular complexity index is 1430. The number of benzene rings is 1. The topological polar surface area (TPSA) is 169 Å². The van der Waals surface area contributed by atoms with Gasteiger partial charge in [0.1, 0.15) is 11.4 Å². The molecule has 2 amide bonds. The molecule has 0 radical (unpaired) electrons. The minimum atomic E-state index is -0.641.